The van der Waals surface area contributed by atoms with Gasteiger partial charge in [-0.25, -0.2) is 0 Å². The number of hydrogen-bond acceptors (Lipinski definition) is 5. The van der Waals surface area contributed by atoms with E-state index in [4.69, 9.17) is 4.74 Å². The lowest BCUT2D eigenvalue weighted by molar-refractivity contribution is -0.119. The number of hydrogen-bond donors (Lipinski definition) is 0. The van der Waals surface area contributed by atoms with Crippen molar-refractivity contribution >= 4 is 28.0 Å². The minimum atomic E-state index is -0.305. The SMILES string of the molecule is CCOc1ccccc1[C@H]1CC(=O)N(c2sc3c(c2C#N)CCCCCC3)C2=C1C(=O)CCC2. The highest BCUT2D eigenvalue weighted by molar-refractivity contribution is 7.16. The summed E-state index contributed by atoms with van der Waals surface area (Å²) in [6.45, 7) is 2.46. The van der Waals surface area contributed by atoms with Crippen molar-refractivity contribution < 1.29 is 14.3 Å². The lowest BCUT2D eigenvalue weighted by atomic mass is 9.77. The quantitative estimate of drug-likeness (QED) is 0.529. The topological polar surface area (TPSA) is 70.4 Å². The molecule has 2 aliphatic carbocycles. The Bertz CT molecular complexity index is 1200. The lowest BCUT2D eigenvalue weighted by Crippen LogP contribution is -2.40. The van der Waals surface area contributed by atoms with Crippen LogP contribution in [0.25, 0.3) is 0 Å². The first-order valence-electron chi connectivity index (χ1n) is 12.5. The molecule has 0 fully saturated rings. The molecule has 3 aliphatic rings. The molecule has 2 aromatic rings. The summed E-state index contributed by atoms with van der Waals surface area (Å²) in [7, 11) is 0. The van der Waals surface area contributed by atoms with E-state index in [1.165, 1.54) is 17.7 Å². The van der Waals surface area contributed by atoms with Gasteiger partial charge in [0, 0.05) is 40.5 Å². The molecule has 0 spiro atoms. The van der Waals surface area contributed by atoms with Gasteiger partial charge in [-0.15, -0.1) is 11.3 Å². The van der Waals surface area contributed by atoms with Crippen molar-refractivity contribution in [1.29, 1.82) is 5.26 Å². The van der Waals surface area contributed by atoms with Crippen LogP contribution < -0.4 is 9.64 Å². The third kappa shape index (κ3) is 3.96. The van der Waals surface area contributed by atoms with E-state index < -0.39 is 0 Å². The standard InChI is InChI=1S/C28H30N2O3S/c1-2-33-24-14-8-7-10-18(24)20-16-26(32)30(22-12-9-13-23(31)27(20)22)28-21(17-29)19-11-5-3-4-6-15-25(19)34-28/h7-8,10,14,20H,2-6,9,11-13,15-16H2,1H3/t20-/m1/s1. The number of ketones is 1. The second kappa shape index (κ2) is 9.76. The molecule has 5 rings (SSSR count). The monoisotopic (exact) mass is 474 g/mol. The van der Waals surface area contributed by atoms with Crippen molar-refractivity contribution in [3.63, 3.8) is 0 Å². The van der Waals surface area contributed by atoms with E-state index in [2.05, 4.69) is 6.07 Å². The summed E-state index contributed by atoms with van der Waals surface area (Å²) in [5, 5.41) is 10.9. The van der Waals surface area contributed by atoms with Gasteiger partial charge in [-0.3, -0.25) is 14.5 Å². The first-order valence-corrected chi connectivity index (χ1v) is 13.3. The van der Waals surface area contributed by atoms with Gasteiger partial charge in [-0.1, -0.05) is 31.0 Å². The Hall–Kier alpha value is -2.91. The summed E-state index contributed by atoms with van der Waals surface area (Å²) in [6.07, 6.45) is 8.57. The van der Waals surface area contributed by atoms with Gasteiger partial charge in [-0.05, 0) is 57.1 Å². The Labute approximate surface area is 205 Å². The van der Waals surface area contributed by atoms with Gasteiger partial charge in [-0.2, -0.15) is 5.26 Å². The van der Waals surface area contributed by atoms with Crippen LogP contribution >= 0.6 is 11.3 Å². The maximum atomic E-state index is 13.8. The molecule has 1 aromatic heterocycles. The van der Waals surface area contributed by atoms with Crippen LogP contribution in [0.5, 0.6) is 5.75 Å². The second-order valence-corrected chi connectivity index (χ2v) is 10.4. The summed E-state index contributed by atoms with van der Waals surface area (Å²) in [5.74, 6) is 0.512. The number of carbonyl (C=O) groups is 2. The normalized spacial score (nSPS) is 20.8. The number of fused-ring (bicyclic) bond motifs is 1. The fourth-order valence-corrected chi connectivity index (χ4v) is 7.11. The van der Waals surface area contributed by atoms with Crippen molar-refractivity contribution in [2.24, 2.45) is 0 Å². The van der Waals surface area contributed by atoms with Crippen LogP contribution in [0.2, 0.25) is 0 Å². The van der Waals surface area contributed by atoms with E-state index in [-0.39, 0.29) is 24.0 Å². The smallest absolute Gasteiger partial charge is 0.232 e. The fourth-order valence-electron chi connectivity index (χ4n) is 5.73. The molecule has 176 valence electrons. The van der Waals surface area contributed by atoms with E-state index in [1.807, 2.05) is 31.2 Å². The van der Waals surface area contributed by atoms with Crippen molar-refractivity contribution in [2.45, 2.75) is 77.0 Å². The maximum Gasteiger partial charge on any atom is 0.232 e. The van der Waals surface area contributed by atoms with Crippen LogP contribution in [-0.2, 0) is 22.4 Å². The average Bonchev–Trinajstić information content (AvgIpc) is 3.15. The van der Waals surface area contributed by atoms with Crippen LogP contribution in [0.3, 0.4) is 0 Å². The van der Waals surface area contributed by atoms with Gasteiger partial charge in [0.15, 0.2) is 5.78 Å². The largest absolute Gasteiger partial charge is 0.494 e. The minimum Gasteiger partial charge on any atom is -0.494 e. The number of carbonyl (C=O) groups excluding carboxylic acids is 2. The van der Waals surface area contributed by atoms with Gasteiger partial charge in [0.25, 0.3) is 0 Å². The molecule has 2 heterocycles. The van der Waals surface area contributed by atoms with Gasteiger partial charge < -0.3 is 4.74 Å². The Morgan fingerprint density at radius 1 is 1.06 bits per heavy atom. The fraction of sp³-hybridized carbons (Fsp3) is 0.464. The van der Waals surface area contributed by atoms with E-state index in [1.54, 1.807) is 16.2 Å². The van der Waals surface area contributed by atoms with E-state index in [0.717, 1.165) is 65.3 Å². The Morgan fingerprint density at radius 2 is 1.85 bits per heavy atom. The Morgan fingerprint density at radius 3 is 2.65 bits per heavy atom. The molecule has 0 saturated heterocycles. The molecule has 1 aromatic carbocycles. The van der Waals surface area contributed by atoms with Crippen LogP contribution in [0.15, 0.2) is 35.5 Å². The van der Waals surface area contributed by atoms with Crippen LogP contribution in [0, 0.1) is 11.3 Å². The molecule has 0 unspecified atom stereocenters. The lowest BCUT2D eigenvalue weighted by Gasteiger charge is -2.38. The van der Waals surface area contributed by atoms with E-state index in [0.29, 0.717) is 25.0 Å². The summed E-state index contributed by atoms with van der Waals surface area (Å²) < 4.78 is 5.87. The number of thiophene rings is 1. The number of nitriles is 1. The highest BCUT2D eigenvalue weighted by Gasteiger charge is 2.42. The Kier molecular flexibility index (Phi) is 6.56. The predicted molar refractivity (Wildman–Crippen MR) is 133 cm³/mol. The first kappa shape index (κ1) is 22.9. The third-order valence-corrected chi connectivity index (χ3v) is 8.51. The molecular weight excluding hydrogens is 444 g/mol. The number of benzene rings is 1. The maximum absolute atomic E-state index is 13.8. The Balaban J connectivity index is 1.65. The summed E-state index contributed by atoms with van der Waals surface area (Å²) in [5.41, 5.74) is 4.22. The number of Topliss-reactive ketones (excluding diaryl/α,β-unsaturated/α-hetero) is 1. The van der Waals surface area contributed by atoms with E-state index in [9.17, 15) is 14.9 Å². The molecule has 34 heavy (non-hydrogen) atoms. The molecule has 6 heteroatoms. The van der Waals surface area contributed by atoms with Crippen molar-refractivity contribution in [2.75, 3.05) is 11.5 Å². The van der Waals surface area contributed by atoms with Gasteiger partial charge in [0.05, 0.1) is 12.2 Å². The molecule has 0 bridgehead atoms. The van der Waals surface area contributed by atoms with Crippen LogP contribution in [0.1, 0.15) is 85.8 Å². The first-order chi connectivity index (χ1) is 16.6. The highest BCUT2D eigenvalue weighted by atomic mass is 32.1. The van der Waals surface area contributed by atoms with E-state index >= 15 is 0 Å². The zero-order valence-corrected chi connectivity index (χ0v) is 20.5. The number of ether oxygens (including phenoxy) is 1. The molecule has 0 saturated carbocycles. The number of anilines is 1. The average molecular weight is 475 g/mol. The molecule has 0 N–H and O–H groups in total. The van der Waals surface area contributed by atoms with Gasteiger partial charge in [0.2, 0.25) is 5.91 Å². The zero-order valence-electron chi connectivity index (χ0n) is 19.7. The highest BCUT2D eigenvalue weighted by Crippen LogP contribution is 2.48. The molecular formula is C28H30N2O3S. The molecule has 1 amide bonds. The summed E-state index contributed by atoms with van der Waals surface area (Å²) in [6, 6.07) is 10.2. The third-order valence-electron chi connectivity index (χ3n) is 7.24. The number of allylic oxidation sites excluding steroid dienone is 2. The minimum absolute atomic E-state index is 0.0320. The van der Waals surface area contributed by atoms with Crippen molar-refractivity contribution in [1.82, 2.24) is 0 Å². The van der Waals surface area contributed by atoms with Gasteiger partial charge in [0.1, 0.15) is 16.8 Å². The predicted octanol–water partition coefficient (Wildman–Crippen LogP) is 6.21. The molecule has 1 atom stereocenters. The molecule has 0 radical (unpaired) electrons. The van der Waals surface area contributed by atoms with Gasteiger partial charge >= 0.3 is 0 Å². The number of amides is 1. The number of aryl methyl sites for hydroxylation is 1. The van der Waals surface area contributed by atoms with Crippen LogP contribution in [0.4, 0.5) is 5.00 Å². The second-order valence-electron chi connectivity index (χ2n) is 9.30. The van der Waals surface area contributed by atoms with Crippen molar-refractivity contribution in [3.8, 4) is 11.8 Å². The summed E-state index contributed by atoms with van der Waals surface area (Å²) >= 11 is 1.60. The number of para-hydroxylation sites is 1. The zero-order chi connectivity index (χ0) is 23.7. The molecule has 5 nitrogen and oxygen atoms in total. The molecule has 1 aliphatic heterocycles. The van der Waals surface area contributed by atoms with Crippen LogP contribution in [-0.4, -0.2) is 18.3 Å². The van der Waals surface area contributed by atoms with Crippen molar-refractivity contribution in [3.05, 3.63) is 57.1 Å². The number of nitrogens with zero attached hydrogens (tertiary/aromatic N) is 2. The number of rotatable bonds is 4. The summed E-state index contributed by atoms with van der Waals surface area (Å²) in [4.78, 5) is 30.1.